The highest BCUT2D eigenvalue weighted by molar-refractivity contribution is 6.33. The second-order valence-corrected chi connectivity index (χ2v) is 6.39. The Labute approximate surface area is 152 Å². The summed E-state index contributed by atoms with van der Waals surface area (Å²) >= 11 is 6.08. The number of nitrogens with zero attached hydrogens (tertiary/aromatic N) is 1. The third-order valence-electron chi connectivity index (χ3n) is 4.17. The second kappa shape index (κ2) is 8.23. The number of hydrogen-bond donors (Lipinski definition) is 2. The number of para-hydroxylation sites is 1. The highest BCUT2D eigenvalue weighted by atomic mass is 35.5. The molecule has 6 heteroatoms. The van der Waals surface area contributed by atoms with Crippen molar-refractivity contribution >= 4 is 34.6 Å². The number of hydrogen-bond acceptors (Lipinski definition) is 4. The van der Waals surface area contributed by atoms with Crippen LogP contribution in [0.5, 0.6) is 0 Å². The number of rotatable bonds is 5. The standard InChI is InChI=1S/C19H22ClN3O2/c1-14-12-15(23-8-10-25-11-9-23)6-7-17(14)22-19(24)13-21-18-5-3-2-4-16(18)20/h2-7,12,21H,8-11,13H2,1H3,(H,22,24). The SMILES string of the molecule is Cc1cc(N2CCOCC2)ccc1NC(=O)CNc1ccccc1Cl. The maximum Gasteiger partial charge on any atom is 0.243 e. The molecule has 1 aliphatic heterocycles. The predicted molar refractivity (Wildman–Crippen MR) is 103 cm³/mol. The van der Waals surface area contributed by atoms with E-state index in [1.807, 2.05) is 37.3 Å². The molecule has 5 nitrogen and oxygen atoms in total. The zero-order chi connectivity index (χ0) is 17.6. The van der Waals surface area contributed by atoms with Crippen molar-refractivity contribution in [1.29, 1.82) is 0 Å². The highest BCUT2D eigenvalue weighted by Gasteiger charge is 2.13. The Morgan fingerprint density at radius 2 is 1.92 bits per heavy atom. The Morgan fingerprint density at radius 1 is 1.16 bits per heavy atom. The second-order valence-electron chi connectivity index (χ2n) is 5.98. The van der Waals surface area contributed by atoms with E-state index in [2.05, 4.69) is 21.6 Å². The number of amides is 1. The van der Waals surface area contributed by atoms with Crippen LogP contribution in [0.15, 0.2) is 42.5 Å². The minimum absolute atomic E-state index is 0.109. The van der Waals surface area contributed by atoms with E-state index in [1.54, 1.807) is 6.07 Å². The van der Waals surface area contributed by atoms with Gasteiger partial charge in [0.2, 0.25) is 5.91 Å². The third-order valence-corrected chi connectivity index (χ3v) is 4.50. The lowest BCUT2D eigenvalue weighted by Gasteiger charge is -2.29. The molecular formula is C19H22ClN3O2. The lowest BCUT2D eigenvalue weighted by molar-refractivity contribution is -0.114. The summed E-state index contributed by atoms with van der Waals surface area (Å²) in [6.45, 7) is 5.46. The first-order valence-electron chi connectivity index (χ1n) is 8.35. The van der Waals surface area contributed by atoms with E-state index in [4.69, 9.17) is 16.3 Å². The first-order chi connectivity index (χ1) is 12.1. The lowest BCUT2D eigenvalue weighted by atomic mass is 10.1. The van der Waals surface area contributed by atoms with E-state index in [-0.39, 0.29) is 12.5 Å². The van der Waals surface area contributed by atoms with Crippen LogP contribution in [-0.4, -0.2) is 38.8 Å². The van der Waals surface area contributed by atoms with Crippen molar-refractivity contribution in [3.63, 3.8) is 0 Å². The molecule has 3 rings (SSSR count). The minimum Gasteiger partial charge on any atom is -0.378 e. The van der Waals surface area contributed by atoms with Crippen LogP contribution in [0.25, 0.3) is 0 Å². The van der Waals surface area contributed by atoms with Crippen LogP contribution in [0.3, 0.4) is 0 Å². The van der Waals surface area contributed by atoms with Crippen LogP contribution in [0.1, 0.15) is 5.56 Å². The number of ether oxygens (including phenoxy) is 1. The van der Waals surface area contributed by atoms with Crippen LogP contribution in [0.2, 0.25) is 5.02 Å². The number of nitrogens with one attached hydrogen (secondary N) is 2. The molecule has 2 N–H and O–H groups in total. The molecule has 0 bridgehead atoms. The van der Waals surface area contributed by atoms with Gasteiger partial charge in [-0.25, -0.2) is 0 Å². The largest absolute Gasteiger partial charge is 0.378 e. The maximum atomic E-state index is 12.2. The number of carbonyl (C=O) groups is 1. The van der Waals surface area contributed by atoms with Gasteiger partial charge in [0.25, 0.3) is 0 Å². The minimum atomic E-state index is -0.109. The molecule has 1 fully saturated rings. The van der Waals surface area contributed by atoms with Crippen molar-refractivity contribution in [2.75, 3.05) is 48.4 Å². The van der Waals surface area contributed by atoms with E-state index in [0.717, 1.165) is 48.9 Å². The van der Waals surface area contributed by atoms with Gasteiger partial charge >= 0.3 is 0 Å². The van der Waals surface area contributed by atoms with Crippen molar-refractivity contribution < 1.29 is 9.53 Å². The van der Waals surface area contributed by atoms with Gasteiger partial charge in [-0.15, -0.1) is 0 Å². The van der Waals surface area contributed by atoms with Crippen molar-refractivity contribution in [3.05, 3.63) is 53.1 Å². The van der Waals surface area contributed by atoms with Crippen molar-refractivity contribution in [2.45, 2.75) is 6.92 Å². The summed E-state index contributed by atoms with van der Waals surface area (Å²) in [5, 5.41) is 6.59. The molecule has 1 amide bonds. The number of anilines is 3. The van der Waals surface area contributed by atoms with Crippen molar-refractivity contribution in [1.82, 2.24) is 0 Å². The van der Waals surface area contributed by atoms with Crippen LogP contribution < -0.4 is 15.5 Å². The Balaban J connectivity index is 1.58. The molecule has 0 aliphatic carbocycles. The normalized spacial score (nSPS) is 14.2. The van der Waals surface area contributed by atoms with Crippen LogP contribution in [0.4, 0.5) is 17.1 Å². The predicted octanol–water partition coefficient (Wildman–Crippen LogP) is 3.54. The Kier molecular flexibility index (Phi) is 5.79. The quantitative estimate of drug-likeness (QED) is 0.857. The third kappa shape index (κ3) is 4.65. The number of halogens is 1. The van der Waals surface area contributed by atoms with Crippen LogP contribution in [-0.2, 0) is 9.53 Å². The maximum absolute atomic E-state index is 12.2. The molecule has 2 aromatic rings. The average Bonchev–Trinajstić information content (AvgIpc) is 2.63. The summed E-state index contributed by atoms with van der Waals surface area (Å²) in [7, 11) is 0. The van der Waals surface area contributed by atoms with Crippen LogP contribution in [0, 0.1) is 6.92 Å². The van der Waals surface area contributed by atoms with Gasteiger partial charge in [0, 0.05) is 24.5 Å². The molecule has 0 saturated carbocycles. The molecule has 1 saturated heterocycles. The molecule has 25 heavy (non-hydrogen) atoms. The van der Waals surface area contributed by atoms with E-state index in [0.29, 0.717) is 5.02 Å². The van der Waals surface area contributed by atoms with Gasteiger partial charge in [-0.2, -0.15) is 0 Å². The van der Waals surface area contributed by atoms with Crippen molar-refractivity contribution in [3.8, 4) is 0 Å². The zero-order valence-electron chi connectivity index (χ0n) is 14.2. The van der Waals surface area contributed by atoms with Gasteiger partial charge in [0.1, 0.15) is 0 Å². The van der Waals surface area contributed by atoms with Gasteiger partial charge < -0.3 is 20.3 Å². The summed E-state index contributed by atoms with van der Waals surface area (Å²) < 4.78 is 5.38. The molecule has 1 heterocycles. The number of carbonyl (C=O) groups excluding carboxylic acids is 1. The van der Waals surface area contributed by atoms with Gasteiger partial charge in [0.15, 0.2) is 0 Å². The fourth-order valence-electron chi connectivity index (χ4n) is 2.78. The van der Waals surface area contributed by atoms with Gasteiger partial charge in [-0.3, -0.25) is 4.79 Å². The fraction of sp³-hybridized carbons (Fsp3) is 0.316. The summed E-state index contributed by atoms with van der Waals surface area (Å²) in [4.78, 5) is 14.5. The van der Waals surface area contributed by atoms with Crippen LogP contribution >= 0.6 is 11.6 Å². The van der Waals surface area contributed by atoms with Gasteiger partial charge in [0.05, 0.1) is 30.5 Å². The topological polar surface area (TPSA) is 53.6 Å². The van der Waals surface area contributed by atoms with Crippen molar-refractivity contribution in [2.24, 2.45) is 0 Å². The Bertz CT molecular complexity index is 745. The summed E-state index contributed by atoms with van der Waals surface area (Å²) in [6.07, 6.45) is 0. The van der Waals surface area contributed by atoms with E-state index < -0.39 is 0 Å². The first-order valence-corrected chi connectivity index (χ1v) is 8.73. The molecule has 0 aromatic heterocycles. The highest BCUT2D eigenvalue weighted by Crippen LogP contribution is 2.24. The fourth-order valence-corrected chi connectivity index (χ4v) is 2.98. The number of benzene rings is 2. The lowest BCUT2D eigenvalue weighted by Crippen LogP contribution is -2.36. The van der Waals surface area contributed by atoms with Gasteiger partial charge in [-0.05, 0) is 42.8 Å². The van der Waals surface area contributed by atoms with E-state index in [9.17, 15) is 4.79 Å². The Hall–Kier alpha value is -2.24. The summed E-state index contributed by atoms with van der Waals surface area (Å²) in [5.41, 5.74) is 3.77. The average molecular weight is 360 g/mol. The summed E-state index contributed by atoms with van der Waals surface area (Å²) in [6, 6.07) is 13.5. The first kappa shape index (κ1) is 17.6. The molecule has 132 valence electrons. The van der Waals surface area contributed by atoms with E-state index in [1.165, 1.54) is 0 Å². The zero-order valence-corrected chi connectivity index (χ0v) is 15.0. The molecule has 2 aromatic carbocycles. The Morgan fingerprint density at radius 3 is 2.64 bits per heavy atom. The number of aryl methyl sites for hydroxylation is 1. The van der Waals surface area contributed by atoms with E-state index >= 15 is 0 Å². The van der Waals surface area contributed by atoms with Gasteiger partial charge in [-0.1, -0.05) is 23.7 Å². The molecule has 0 unspecified atom stereocenters. The molecule has 1 aliphatic rings. The number of morpholine rings is 1. The molecular weight excluding hydrogens is 338 g/mol. The smallest absolute Gasteiger partial charge is 0.243 e. The summed E-state index contributed by atoms with van der Waals surface area (Å²) in [5.74, 6) is -0.109. The molecule has 0 spiro atoms. The molecule has 0 atom stereocenters. The monoisotopic (exact) mass is 359 g/mol. The molecule has 0 radical (unpaired) electrons.